The fourth-order valence-corrected chi connectivity index (χ4v) is 2.58. The molecule has 0 radical (unpaired) electrons. The van der Waals surface area contributed by atoms with Crippen LogP contribution in [0.15, 0.2) is 6.07 Å². The van der Waals surface area contributed by atoms with Crippen LogP contribution in [0.3, 0.4) is 0 Å². The highest BCUT2D eigenvalue weighted by Crippen LogP contribution is 2.28. The van der Waals surface area contributed by atoms with Gasteiger partial charge in [0.1, 0.15) is 10.8 Å². The molecule has 0 unspecified atom stereocenters. The van der Waals surface area contributed by atoms with Gasteiger partial charge in [-0.05, 0) is 38.3 Å². The van der Waals surface area contributed by atoms with Crippen LogP contribution in [0, 0.1) is 13.8 Å². The van der Waals surface area contributed by atoms with Gasteiger partial charge in [-0.3, -0.25) is 0 Å². The highest BCUT2D eigenvalue weighted by atomic mass is 32.1. The molecular weight excluding hydrogens is 246 g/mol. The van der Waals surface area contributed by atoms with Crippen molar-refractivity contribution in [3.63, 3.8) is 0 Å². The van der Waals surface area contributed by atoms with Gasteiger partial charge in [-0.25, -0.2) is 4.98 Å². The van der Waals surface area contributed by atoms with E-state index in [9.17, 15) is 0 Å². The minimum atomic E-state index is 0.363. The van der Waals surface area contributed by atoms with Crippen molar-refractivity contribution in [3.8, 4) is 0 Å². The molecule has 0 saturated heterocycles. The lowest BCUT2D eigenvalue weighted by Crippen LogP contribution is -2.41. The molecule has 3 N–H and O–H groups in total. The second-order valence-corrected chi connectivity index (χ2v) is 5.28. The van der Waals surface area contributed by atoms with Crippen molar-refractivity contribution in [2.45, 2.75) is 38.8 Å². The van der Waals surface area contributed by atoms with Gasteiger partial charge in [0.2, 0.25) is 0 Å². The summed E-state index contributed by atoms with van der Waals surface area (Å²) >= 11 is 5.11. The second kappa shape index (κ2) is 5.20. The summed E-state index contributed by atoms with van der Waals surface area (Å²) in [4.78, 5) is 4.90. The standard InChI is InChI=1S/C13H19N3OS/c1-7-4-8(2)15-13(11(7)12(14)18)16-9-5-10(6-9)17-3/h4,9-10H,5-6H2,1-3H3,(H2,14,18)(H,15,16). The Morgan fingerprint density at radius 1 is 1.50 bits per heavy atom. The van der Waals surface area contributed by atoms with E-state index in [-0.39, 0.29) is 0 Å². The number of pyridine rings is 1. The van der Waals surface area contributed by atoms with Gasteiger partial charge in [0.15, 0.2) is 0 Å². The number of thiocarbonyl (C=S) groups is 1. The molecule has 1 heterocycles. The summed E-state index contributed by atoms with van der Waals surface area (Å²) in [7, 11) is 1.75. The zero-order valence-electron chi connectivity index (χ0n) is 11.0. The first-order valence-electron chi connectivity index (χ1n) is 6.08. The molecule has 5 heteroatoms. The van der Waals surface area contributed by atoms with Crippen molar-refractivity contribution < 1.29 is 4.74 Å². The third-order valence-electron chi connectivity index (χ3n) is 3.36. The van der Waals surface area contributed by atoms with Crippen LogP contribution in [0.2, 0.25) is 0 Å². The number of nitrogens with two attached hydrogens (primary N) is 1. The molecule has 1 aromatic rings. The number of hydrogen-bond donors (Lipinski definition) is 2. The first-order valence-corrected chi connectivity index (χ1v) is 6.49. The molecule has 0 spiro atoms. The molecule has 1 fully saturated rings. The average molecular weight is 265 g/mol. The predicted molar refractivity (Wildman–Crippen MR) is 77.0 cm³/mol. The topological polar surface area (TPSA) is 60.2 Å². The molecule has 0 amide bonds. The molecule has 2 rings (SSSR count). The van der Waals surface area contributed by atoms with E-state index in [2.05, 4.69) is 10.3 Å². The molecule has 18 heavy (non-hydrogen) atoms. The van der Waals surface area contributed by atoms with E-state index >= 15 is 0 Å². The van der Waals surface area contributed by atoms with E-state index in [4.69, 9.17) is 22.7 Å². The van der Waals surface area contributed by atoms with E-state index < -0.39 is 0 Å². The first-order chi connectivity index (χ1) is 8.51. The van der Waals surface area contributed by atoms with E-state index in [1.54, 1.807) is 7.11 Å². The number of aromatic nitrogens is 1. The zero-order valence-corrected chi connectivity index (χ0v) is 11.8. The molecule has 1 aliphatic rings. The Hall–Kier alpha value is -1.20. The fraction of sp³-hybridized carbons (Fsp3) is 0.538. The minimum Gasteiger partial charge on any atom is -0.389 e. The van der Waals surface area contributed by atoms with E-state index in [0.29, 0.717) is 17.1 Å². The van der Waals surface area contributed by atoms with Gasteiger partial charge in [-0.15, -0.1) is 0 Å². The quantitative estimate of drug-likeness (QED) is 0.815. The van der Waals surface area contributed by atoms with Crippen LogP contribution in [0.1, 0.15) is 29.7 Å². The van der Waals surface area contributed by atoms with Gasteiger partial charge >= 0.3 is 0 Å². The SMILES string of the molecule is COC1CC(Nc2nc(C)cc(C)c2C(N)=S)C1. The monoisotopic (exact) mass is 265 g/mol. The number of anilines is 1. The highest BCUT2D eigenvalue weighted by Gasteiger charge is 2.30. The normalized spacial score (nSPS) is 22.4. The summed E-state index contributed by atoms with van der Waals surface area (Å²) in [6.45, 7) is 3.98. The van der Waals surface area contributed by atoms with Gasteiger partial charge in [-0.2, -0.15) is 0 Å². The third kappa shape index (κ3) is 2.62. The van der Waals surface area contributed by atoms with Crippen LogP contribution in [0.4, 0.5) is 5.82 Å². The van der Waals surface area contributed by atoms with E-state index in [0.717, 1.165) is 35.5 Å². The molecule has 0 aromatic carbocycles. The molecule has 0 aliphatic heterocycles. The summed E-state index contributed by atoms with van der Waals surface area (Å²) in [5, 5.41) is 3.42. The van der Waals surface area contributed by atoms with Gasteiger partial charge in [0, 0.05) is 18.8 Å². The molecule has 0 atom stereocenters. The van der Waals surface area contributed by atoms with Crippen molar-refractivity contribution in [2.24, 2.45) is 5.73 Å². The lowest BCUT2D eigenvalue weighted by molar-refractivity contribution is 0.0328. The number of rotatable bonds is 4. The van der Waals surface area contributed by atoms with E-state index in [1.807, 2.05) is 19.9 Å². The van der Waals surface area contributed by atoms with Crippen LogP contribution in [0.25, 0.3) is 0 Å². The predicted octanol–water partition coefficient (Wildman–Crippen LogP) is 1.92. The van der Waals surface area contributed by atoms with Gasteiger partial charge in [0.05, 0.1) is 11.7 Å². The molecule has 4 nitrogen and oxygen atoms in total. The molecule has 1 aliphatic carbocycles. The maximum atomic E-state index is 5.78. The summed E-state index contributed by atoms with van der Waals surface area (Å²) in [5.41, 5.74) is 8.68. The Kier molecular flexibility index (Phi) is 3.82. The Morgan fingerprint density at radius 2 is 2.17 bits per heavy atom. The Morgan fingerprint density at radius 3 is 2.72 bits per heavy atom. The average Bonchev–Trinajstić information content (AvgIpc) is 2.20. The third-order valence-corrected chi connectivity index (χ3v) is 3.56. The zero-order chi connectivity index (χ0) is 13.3. The van der Waals surface area contributed by atoms with Crippen LogP contribution < -0.4 is 11.1 Å². The lowest BCUT2D eigenvalue weighted by Gasteiger charge is -2.35. The summed E-state index contributed by atoms with van der Waals surface area (Å²) < 4.78 is 5.27. The van der Waals surface area contributed by atoms with Crippen molar-refractivity contribution in [1.82, 2.24) is 4.98 Å². The van der Waals surface area contributed by atoms with Gasteiger partial charge < -0.3 is 15.8 Å². The Bertz CT molecular complexity index is 470. The number of nitrogens with one attached hydrogen (secondary N) is 1. The smallest absolute Gasteiger partial charge is 0.136 e. The maximum Gasteiger partial charge on any atom is 0.136 e. The number of ether oxygens (including phenoxy) is 1. The van der Waals surface area contributed by atoms with E-state index in [1.165, 1.54) is 0 Å². The molecule has 0 bridgehead atoms. The number of nitrogens with zero attached hydrogens (tertiary/aromatic N) is 1. The van der Waals surface area contributed by atoms with Crippen molar-refractivity contribution in [1.29, 1.82) is 0 Å². The summed E-state index contributed by atoms with van der Waals surface area (Å²) in [5.74, 6) is 0.805. The number of methoxy groups -OCH3 is 1. The fourth-order valence-electron chi connectivity index (χ4n) is 2.32. The molecular formula is C13H19N3OS. The highest BCUT2D eigenvalue weighted by molar-refractivity contribution is 7.80. The lowest BCUT2D eigenvalue weighted by atomic mass is 9.89. The summed E-state index contributed by atoms with van der Waals surface area (Å²) in [6, 6.07) is 2.40. The van der Waals surface area contributed by atoms with Crippen molar-refractivity contribution >= 4 is 23.0 Å². The molecule has 1 saturated carbocycles. The molecule has 1 aromatic heterocycles. The van der Waals surface area contributed by atoms with Crippen molar-refractivity contribution in [2.75, 3.05) is 12.4 Å². The Balaban J connectivity index is 2.19. The second-order valence-electron chi connectivity index (χ2n) is 4.84. The Labute approximate surface area is 113 Å². The van der Waals surface area contributed by atoms with Gasteiger partial charge in [0.25, 0.3) is 0 Å². The number of aryl methyl sites for hydroxylation is 2. The van der Waals surface area contributed by atoms with Gasteiger partial charge in [-0.1, -0.05) is 12.2 Å². The largest absolute Gasteiger partial charge is 0.389 e. The molecule has 98 valence electrons. The van der Waals surface area contributed by atoms with Crippen LogP contribution in [-0.4, -0.2) is 29.2 Å². The maximum absolute atomic E-state index is 5.78. The van der Waals surface area contributed by atoms with Crippen LogP contribution in [-0.2, 0) is 4.74 Å². The first kappa shape index (κ1) is 13.2. The minimum absolute atomic E-state index is 0.363. The van der Waals surface area contributed by atoms with Crippen LogP contribution in [0.5, 0.6) is 0 Å². The summed E-state index contributed by atoms with van der Waals surface area (Å²) in [6.07, 6.45) is 2.37. The van der Waals surface area contributed by atoms with Crippen molar-refractivity contribution in [3.05, 3.63) is 22.9 Å². The van der Waals surface area contributed by atoms with Crippen LogP contribution >= 0.6 is 12.2 Å². The number of hydrogen-bond acceptors (Lipinski definition) is 4.